The van der Waals surface area contributed by atoms with Crippen LogP contribution in [0.25, 0.3) is 21.8 Å². The number of amides is 9. The molecule has 0 unspecified atom stereocenters. The number of aromatic amines is 3. The average molecular weight is 1160 g/mol. The topological polar surface area (TPSA) is 461 Å². The van der Waals surface area contributed by atoms with Gasteiger partial charge in [-0.25, -0.2) is 9.78 Å². The molecule has 2 saturated heterocycles. The Morgan fingerprint density at radius 3 is 1.64 bits per heavy atom. The SMILES string of the molecule is O=C(O)C[C@H](NC(=O)[C@H](CO)NC(=O)[C@H](Cc1c[nH]c2ccccc12)NC(=O)[C@H](Cc1cnc[nH]1)NC(=O)CNC(=O)[C@@H]1CCCN1)C(=O)N[C@@H](Cc1c[nH]c2ccccc12)C(=O)N[C@@H](CO)C(=O)N1CCC[C@H]1C(=O)N[C@@H](CO)C(=O)O. The molecule has 3 aromatic heterocycles. The largest absolute Gasteiger partial charge is 0.481 e. The van der Waals surface area contributed by atoms with Crippen molar-refractivity contribution in [3.8, 4) is 0 Å². The number of hydrogen-bond donors (Lipinski definition) is 17. The van der Waals surface area contributed by atoms with E-state index in [1.807, 2.05) is 0 Å². The quantitative estimate of drug-likeness (QED) is 0.0214. The van der Waals surface area contributed by atoms with E-state index < -0.39 is 152 Å². The van der Waals surface area contributed by atoms with Crippen molar-refractivity contribution in [1.29, 1.82) is 0 Å². The molecule has 9 amide bonds. The molecule has 444 valence electrons. The molecule has 2 fully saturated rings. The number of benzene rings is 2. The fraction of sp³-hybridized carbons (Fsp3) is 0.434. The first-order valence-corrected chi connectivity index (χ1v) is 26.6. The number of carboxylic acids is 2. The molecule has 30 nitrogen and oxygen atoms in total. The molecule has 17 N–H and O–H groups in total. The maximum absolute atomic E-state index is 14.4. The molecule has 0 spiro atoms. The number of aromatic nitrogens is 4. The van der Waals surface area contributed by atoms with Gasteiger partial charge in [-0.1, -0.05) is 36.4 Å². The lowest BCUT2D eigenvalue weighted by molar-refractivity contribution is -0.146. The van der Waals surface area contributed by atoms with Crippen LogP contribution < -0.4 is 47.9 Å². The van der Waals surface area contributed by atoms with Gasteiger partial charge in [0.2, 0.25) is 53.2 Å². The van der Waals surface area contributed by atoms with Gasteiger partial charge in [0.25, 0.3) is 0 Å². The van der Waals surface area contributed by atoms with Crippen LogP contribution in [0.2, 0.25) is 0 Å². The number of para-hydroxylation sites is 2. The zero-order chi connectivity index (χ0) is 59.7. The predicted molar refractivity (Wildman–Crippen MR) is 290 cm³/mol. The Labute approximate surface area is 472 Å². The van der Waals surface area contributed by atoms with Gasteiger partial charge in [-0.2, -0.15) is 0 Å². The van der Waals surface area contributed by atoms with E-state index in [2.05, 4.69) is 67.8 Å². The summed E-state index contributed by atoms with van der Waals surface area (Å²) in [4.78, 5) is 162. The van der Waals surface area contributed by atoms with Crippen LogP contribution in [0.1, 0.15) is 48.9 Å². The second kappa shape index (κ2) is 28.9. The Kier molecular flexibility index (Phi) is 21.4. The minimum absolute atomic E-state index is 0.0462. The molecule has 5 aromatic rings. The standard InChI is InChI=1S/C53H66N14O16/c68-23-39(64-46(75)35(15-27-19-56-32-9-3-1-7-30(27)32)61-48(77)37(17-29-21-54-26-59-29)60-43(71)22-58-45(74)34-11-5-13-55-34)50(79)63-38(18-44(72)73)49(78)62-36(16-28-20-57-33-10-4-2-8-31(28)33)47(76)65-40(24-69)52(81)67-14-6-12-42(67)51(80)66-41(25-70)53(82)83/h1-4,7-10,19-21,26,34-42,55-57,68-70H,5-6,11-18,22-25H2,(H,54,59)(H,58,74)(H,60,71)(H,61,77)(H,62,78)(H,63,79)(H,64,75)(H,65,76)(H,66,80)(H,72,73)(H,82,83)/t34-,35-,36-,37-,38-,39-,40-,41-,42-/m0/s1. The number of imidazole rings is 1. The fourth-order valence-electron chi connectivity index (χ4n) is 9.81. The van der Waals surface area contributed by atoms with E-state index in [0.29, 0.717) is 51.6 Å². The van der Waals surface area contributed by atoms with Crippen molar-refractivity contribution in [2.45, 2.75) is 106 Å². The molecule has 9 atom stereocenters. The molecule has 2 aromatic carbocycles. The number of nitrogens with zero attached hydrogens (tertiary/aromatic N) is 2. The van der Waals surface area contributed by atoms with Gasteiger partial charge in [-0.15, -0.1) is 0 Å². The summed E-state index contributed by atoms with van der Waals surface area (Å²) >= 11 is 0. The van der Waals surface area contributed by atoms with E-state index in [-0.39, 0.29) is 38.6 Å². The highest BCUT2D eigenvalue weighted by Gasteiger charge is 2.40. The lowest BCUT2D eigenvalue weighted by atomic mass is 10.0. The third-order valence-corrected chi connectivity index (χ3v) is 14.2. The summed E-state index contributed by atoms with van der Waals surface area (Å²) in [6.45, 7) is -3.02. The highest BCUT2D eigenvalue weighted by atomic mass is 16.4. The molecule has 0 saturated carbocycles. The molecule has 5 heterocycles. The second-order valence-electron chi connectivity index (χ2n) is 19.9. The van der Waals surface area contributed by atoms with Crippen LogP contribution in [-0.2, 0) is 72.0 Å². The van der Waals surface area contributed by atoms with Gasteiger partial charge in [0, 0.05) is 71.9 Å². The number of nitrogens with one attached hydrogen (secondary N) is 12. The van der Waals surface area contributed by atoms with Crippen molar-refractivity contribution < 1.29 is 78.3 Å². The number of rotatable bonds is 29. The first kappa shape index (κ1) is 61.4. The van der Waals surface area contributed by atoms with Gasteiger partial charge in [0.1, 0.15) is 48.3 Å². The Hall–Kier alpha value is -9.26. The number of fused-ring (bicyclic) bond motifs is 2. The summed E-state index contributed by atoms with van der Waals surface area (Å²) in [5.41, 5.74) is 2.64. The lowest BCUT2D eigenvalue weighted by Crippen LogP contribution is -2.61. The summed E-state index contributed by atoms with van der Waals surface area (Å²) in [5.74, 6) is -11.8. The van der Waals surface area contributed by atoms with E-state index in [0.717, 1.165) is 11.3 Å². The van der Waals surface area contributed by atoms with Crippen LogP contribution in [0.3, 0.4) is 0 Å². The molecule has 7 rings (SSSR count). The summed E-state index contributed by atoms with van der Waals surface area (Å²) < 4.78 is 0. The molecule has 30 heteroatoms. The monoisotopic (exact) mass is 1150 g/mol. The molecule has 0 radical (unpaired) electrons. The Morgan fingerprint density at radius 1 is 0.578 bits per heavy atom. The normalized spacial score (nSPS) is 17.4. The van der Waals surface area contributed by atoms with Crippen LogP contribution in [0.5, 0.6) is 0 Å². The smallest absolute Gasteiger partial charge is 0.328 e. The predicted octanol–water partition coefficient (Wildman–Crippen LogP) is -4.81. The van der Waals surface area contributed by atoms with Crippen molar-refractivity contribution in [2.75, 3.05) is 39.5 Å². The summed E-state index contributed by atoms with van der Waals surface area (Å²) in [5, 5.41) is 73.4. The van der Waals surface area contributed by atoms with Crippen molar-refractivity contribution in [3.63, 3.8) is 0 Å². The van der Waals surface area contributed by atoms with Gasteiger partial charge >= 0.3 is 11.9 Å². The van der Waals surface area contributed by atoms with Crippen molar-refractivity contribution >= 4 is 86.9 Å². The van der Waals surface area contributed by atoms with Crippen LogP contribution in [0.15, 0.2) is 73.4 Å². The van der Waals surface area contributed by atoms with E-state index in [9.17, 15) is 78.3 Å². The maximum Gasteiger partial charge on any atom is 0.328 e. The number of aliphatic hydroxyl groups is 3. The number of hydrogen-bond acceptors (Lipinski definition) is 16. The van der Waals surface area contributed by atoms with Gasteiger partial charge < -0.3 is 93.2 Å². The number of carbonyl (C=O) groups excluding carboxylic acids is 9. The number of carbonyl (C=O) groups is 11. The second-order valence-corrected chi connectivity index (χ2v) is 19.9. The molecule has 83 heavy (non-hydrogen) atoms. The fourth-order valence-corrected chi connectivity index (χ4v) is 9.81. The number of aliphatic hydroxyl groups excluding tert-OH is 3. The van der Waals surface area contributed by atoms with E-state index in [4.69, 9.17) is 0 Å². The molecular formula is C53H66N14O16. The first-order chi connectivity index (χ1) is 39.9. The van der Waals surface area contributed by atoms with Crippen LogP contribution >= 0.6 is 0 Å². The van der Waals surface area contributed by atoms with Gasteiger partial charge in [-0.05, 0) is 55.5 Å². The zero-order valence-electron chi connectivity index (χ0n) is 44.6. The summed E-state index contributed by atoms with van der Waals surface area (Å²) in [7, 11) is 0. The Morgan fingerprint density at radius 2 is 1.11 bits per heavy atom. The number of H-pyrrole nitrogens is 3. The van der Waals surface area contributed by atoms with Crippen molar-refractivity contribution in [2.24, 2.45) is 0 Å². The lowest BCUT2D eigenvalue weighted by Gasteiger charge is -2.30. The highest BCUT2D eigenvalue weighted by Crippen LogP contribution is 2.23. The third kappa shape index (κ3) is 16.2. The highest BCUT2D eigenvalue weighted by molar-refractivity contribution is 6.00. The summed E-state index contributed by atoms with van der Waals surface area (Å²) in [6.07, 6.45) is 5.69. The molecule has 2 aliphatic rings. The number of carboxylic acid groups (broad SMARTS) is 2. The minimum Gasteiger partial charge on any atom is -0.481 e. The van der Waals surface area contributed by atoms with Gasteiger partial charge in [0.15, 0.2) is 0 Å². The third-order valence-electron chi connectivity index (χ3n) is 14.2. The minimum atomic E-state index is -2.02. The Bertz CT molecular complexity index is 3160. The van der Waals surface area contributed by atoms with Crippen LogP contribution in [0, 0.1) is 0 Å². The van der Waals surface area contributed by atoms with Crippen molar-refractivity contribution in [1.82, 2.24) is 72.7 Å². The van der Waals surface area contributed by atoms with Gasteiger partial charge in [0.05, 0.1) is 45.2 Å². The number of likely N-dealkylation sites (tertiary alicyclic amines) is 1. The van der Waals surface area contributed by atoms with Crippen LogP contribution in [0.4, 0.5) is 0 Å². The van der Waals surface area contributed by atoms with Gasteiger partial charge in [-0.3, -0.25) is 47.9 Å². The summed E-state index contributed by atoms with van der Waals surface area (Å²) in [6, 6.07) is 0.114. The maximum atomic E-state index is 14.4. The molecule has 0 aliphatic carbocycles. The van der Waals surface area contributed by atoms with E-state index in [1.165, 1.54) is 18.7 Å². The Balaban J connectivity index is 1.08. The molecule has 2 aliphatic heterocycles. The van der Waals surface area contributed by atoms with Crippen LogP contribution in [-0.4, -0.2) is 209 Å². The molecule has 0 bridgehead atoms. The van der Waals surface area contributed by atoms with Crippen molar-refractivity contribution in [3.05, 3.63) is 90.3 Å². The first-order valence-electron chi connectivity index (χ1n) is 26.6. The van der Waals surface area contributed by atoms with E-state index >= 15 is 0 Å². The average Bonchev–Trinajstić information content (AvgIpc) is 4.40. The van der Waals surface area contributed by atoms with E-state index in [1.54, 1.807) is 54.7 Å². The number of aliphatic carboxylic acids is 2. The zero-order valence-corrected chi connectivity index (χ0v) is 44.6. The molecular weight excluding hydrogens is 1090 g/mol.